The Hall–Kier alpha value is -2.79. The molecule has 3 heterocycles. The van der Waals surface area contributed by atoms with Crippen LogP contribution in [-0.4, -0.2) is 66.7 Å². The normalized spacial score (nSPS) is 18.5. The minimum Gasteiger partial charge on any atom is -0.480 e. The van der Waals surface area contributed by atoms with Crippen molar-refractivity contribution in [2.45, 2.75) is 37.5 Å². The van der Waals surface area contributed by atoms with Crippen LogP contribution in [0.15, 0.2) is 28.8 Å². The molecule has 4 rings (SSSR count). The molecule has 2 aromatic rings. The molecular weight excluding hydrogens is 477 g/mol. The number of rotatable bonds is 8. The van der Waals surface area contributed by atoms with Crippen LogP contribution >= 0.6 is 11.6 Å². The van der Waals surface area contributed by atoms with Crippen LogP contribution in [-0.2, 0) is 11.2 Å². The van der Waals surface area contributed by atoms with Gasteiger partial charge in [0.2, 0.25) is 11.7 Å². The van der Waals surface area contributed by atoms with Gasteiger partial charge in [-0.05, 0) is 43.0 Å². The van der Waals surface area contributed by atoms with Crippen LogP contribution in [0.2, 0.25) is 5.02 Å². The predicted molar refractivity (Wildman–Crippen MR) is 116 cm³/mol. The molecule has 0 saturated carbocycles. The van der Waals surface area contributed by atoms with E-state index in [1.165, 1.54) is 11.1 Å². The summed E-state index contributed by atoms with van der Waals surface area (Å²) in [6, 6.07) is 5.31. The van der Waals surface area contributed by atoms with E-state index in [0.717, 1.165) is 5.56 Å². The molecule has 0 aliphatic carbocycles. The number of carbonyl (C=O) groups is 2. The average molecular weight is 501 g/mol. The number of amides is 2. The zero-order chi connectivity index (χ0) is 24.3. The number of benzene rings is 1. The maximum Gasteiger partial charge on any atom is 0.401 e. The number of nitrogens with zero attached hydrogens (tertiary/aromatic N) is 2. The first-order valence-corrected chi connectivity index (χ1v) is 11.3. The van der Waals surface area contributed by atoms with Gasteiger partial charge in [0.05, 0.1) is 18.7 Å². The number of likely N-dealkylation sites (tertiary alicyclic amines) is 1. The molecule has 1 aromatic carbocycles. The summed E-state index contributed by atoms with van der Waals surface area (Å²) in [5, 5.41) is 6.10. The minimum absolute atomic E-state index is 0.00248. The second kappa shape index (κ2) is 10.2. The number of hydrogen-bond donors (Lipinski definition) is 2. The van der Waals surface area contributed by atoms with E-state index in [-0.39, 0.29) is 36.6 Å². The number of hydrogen-bond acceptors (Lipinski definition) is 6. The zero-order valence-electron chi connectivity index (χ0n) is 18.2. The van der Waals surface area contributed by atoms with Crippen LogP contribution in [0.25, 0.3) is 0 Å². The summed E-state index contributed by atoms with van der Waals surface area (Å²) < 4.78 is 48.3. The lowest BCUT2D eigenvalue weighted by Crippen LogP contribution is -2.49. The van der Waals surface area contributed by atoms with Gasteiger partial charge in [-0.15, -0.1) is 0 Å². The van der Waals surface area contributed by atoms with E-state index in [4.69, 9.17) is 20.8 Å². The Morgan fingerprint density at radius 2 is 1.97 bits per heavy atom. The van der Waals surface area contributed by atoms with E-state index in [2.05, 4.69) is 15.6 Å². The van der Waals surface area contributed by atoms with E-state index in [9.17, 15) is 22.8 Å². The minimum atomic E-state index is -4.24. The van der Waals surface area contributed by atoms with E-state index in [0.29, 0.717) is 43.1 Å². The fraction of sp³-hybridized carbons (Fsp3) is 0.500. The summed E-state index contributed by atoms with van der Waals surface area (Å²) in [6.45, 7) is 0.0504. The van der Waals surface area contributed by atoms with E-state index in [1.807, 2.05) is 6.07 Å². The molecule has 2 aliphatic heterocycles. The number of aryl methyl sites for hydroxylation is 1. The Kier molecular flexibility index (Phi) is 7.32. The molecule has 0 unspecified atom stereocenters. The quantitative estimate of drug-likeness (QED) is 0.541. The van der Waals surface area contributed by atoms with Crippen LogP contribution in [0, 0.1) is 0 Å². The molecule has 12 heteroatoms. The largest absolute Gasteiger partial charge is 0.480 e. The number of carbonyl (C=O) groups excluding carboxylic acids is 2. The molecule has 34 heavy (non-hydrogen) atoms. The van der Waals surface area contributed by atoms with Gasteiger partial charge in [0.25, 0.3) is 11.8 Å². The van der Waals surface area contributed by atoms with Crippen molar-refractivity contribution in [2.24, 2.45) is 0 Å². The summed E-state index contributed by atoms with van der Waals surface area (Å²) >= 11 is 5.97. The van der Waals surface area contributed by atoms with Crippen LogP contribution < -0.4 is 15.4 Å². The summed E-state index contributed by atoms with van der Waals surface area (Å²) in [4.78, 5) is 29.8. The lowest BCUT2D eigenvalue weighted by molar-refractivity contribution is -0.155. The fourth-order valence-electron chi connectivity index (χ4n) is 3.93. The topological polar surface area (TPSA) is 96.7 Å². The highest BCUT2D eigenvalue weighted by atomic mass is 35.5. The van der Waals surface area contributed by atoms with Crippen LogP contribution in [0.4, 0.5) is 13.2 Å². The van der Waals surface area contributed by atoms with Gasteiger partial charge in [0.1, 0.15) is 5.75 Å². The number of halogens is 4. The third-order valence-corrected chi connectivity index (χ3v) is 5.89. The molecule has 0 spiro atoms. The number of fused-ring (bicyclic) bond motifs is 1. The molecule has 8 nitrogen and oxygen atoms in total. The molecule has 1 atom stereocenters. The number of oxazole rings is 1. The number of nitrogens with one attached hydrogen (secondary N) is 2. The van der Waals surface area contributed by atoms with Crippen LogP contribution in [0.3, 0.4) is 0 Å². The van der Waals surface area contributed by atoms with Crippen molar-refractivity contribution < 1.29 is 31.9 Å². The van der Waals surface area contributed by atoms with Crippen LogP contribution in [0.1, 0.15) is 40.8 Å². The Morgan fingerprint density at radius 3 is 2.74 bits per heavy atom. The molecule has 2 aliphatic rings. The second-order valence-electron chi connectivity index (χ2n) is 8.37. The average Bonchev–Trinajstić information content (AvgIpc) is 3.24. The highest BCUT2D eigenvalue weighted by Crippen LogP contribution is 2.31. The monoisotopic (exact) mass is 500 g/mol. The van der Waals surface area contributed by atoms with Crippen molar-refractivity contribution in [2.75, 3.05) is 32.7 Å². The first-order valence-electron chi connectivity index (χ1n) is 10.9. The zero-order valence-corrected chi connectivity index (χ0v) is 18.9. The third kappa shape index (κ3) is 6.20. The van der Waals surface area contributed by atoms with Crippen molar-refractivity contribution in [1.29, 1.82) is 0 Å². The standard InChI is InChI=1S/C22H24ClF3N4O4/c23-15-3-5-16-13(8-15)2-4-17(33-16)19(31)27-6-1-7-28-20(32)18-9-29-21(34-18)14-10-30(11-14)12-22(24,25)26/h3,5,8-9,14,17H,1-2,4,6-7,10-12H2,(H,27,31)(H,28,32)/t17-/m1/s1. The third-order valence-electron chi connectivity index (χ3n) is 5.66. The molecule has 2 amide bonds. The molecule has 0 bridgehead atoms. The molecule has 1 aromatic heterocycles. The van der Waals surface area contributed by atoms with Gasteiger partial charge in [-0.3, -0.25) is 14.5 Å². The van der Waals surface area contributed by atoms with Crippen molar-refractivity contribution >= 4 is 23.4 Å². The first-order chi connectivity index (χ1) is 16.2. The van der Waals surface area contributed by atoms with Crippen molar-refractivity contribution in [3.63, 3.8) is 0 Å². The van der Waals surface area contributed by atoms with Crippen molar-refractivity contribution in [3.8, 4) is 5.75 Å². The van der Waals surface area contributed by atoms with Gasteiger partial charge in [0, 0.05) is 31.2 Å². The predicted octanol–water partition coefficient (Wildman–Crippen LogP) is 2.92. The maximum absolute atomic E-state index is 12.4. The van der Waals surface area contributed by atoms with E-state index in [1.54, 1.807) is 12.1 Å². The summed E-state index contributed by atoms with van der Waals surface area (Å²) in [5.74, 6) is -0.0290. The summed E-state index contributed by atoms with van der Waals surface area (Å²) in [6.07, 6.45) is -1.80. The summed E-state index contributed by atoms with van der Waals surface area (Å²) in [7, 11) is 0. The molecule has 1 saturated heterocycles. The SMILES string of the molecule is O=C(NCCCNC(=O)[C@H]1CCc2cc(Cl)ccc2O1)c1cnc(C2CN(CC(F)(F)F)C2)o1. The molecule has 1 fully saturated rings. The highest BCUT2D eigenvalue weighted by molar-refractivity contribution is 6.30. The highest BCUT2D eigenvalue weighted by Gasteiger charge is 2.39. The Morgan fingerprint density at radius 1 is 1.21 bits per heavy atom. The van der Waals surface area contributed by atoms with Gasteiger partial charge in [0.15, 0.2) is 6.10 Å². The number of alkyl halides is 3. The van der Waals surface area contributed by atoms with Gasteiger partial charge < -0.3 is 19.8 Å². The summed E-state index contributed by atoms with van der Waals surface area (Å²) in [5.41, 5.74) is 0.978. The second-order valence-corrected chi connectivity index (χ2v) is 8.80. The van der Waals surface area contributed by atoms with Crippen molar-refractivity contribution in [3.05, 3.63) is 46.6 Å². The number of aromatic nitrogens is 1. The lowest BCUT2D eigenvalue weighted by Gasteiger charge is -2.37. The van der Waals surface area contributed by atoms with Crippen LogP contribution in [0.5, 0.6) is 5.75 Å². The maximum atomic E-state index is 12.4. The lowest BCUT2D eigenvalue weighted by atomic mass is 10.0. The molecule has 2 N–H and O–H groups in total. The van der Waals surface area contributed by atoms with Gasteiger partial charge in [-0.2, -0.15) is 13.2 Å². The first kappa shape index (κ1) is 24.3. The van der Waals surface area contributed by atoms with Gasteiger partial charge >= 0.3 is 6.18 Å². The van der Waals surface area contributed by atoms with E-state index >= 15 is 0 Å². The Labute approximate surface area is 198 Å². The number of ether oxygens (including phenoxy) is 1. The van der Waals surface area contributed by atoms with E-state index < -0.39 is 24.7 Å². The van der Waals surface area contributed by atoms with Gasteiger partial charge in [-0.25, -0.2) is 4.98 Å². The Balaban J connectivity index is 1.13. The smallest absolute Gasteiger partial charge is 0.401 e. The fourth-order valence-corrected chi connectivity index (χ4v) is 4.13. The van der Waals surface area contributed by atoms with Crippen molar-refractivity contribution in [1.82, 2.24) is 20.5 Å². The molecule has 0 radical (unpaired) electrons. The Bertz CT molecular complexity index is 1040. The van der Waals surface area contributed by atoms with Gasteiger partial charge in [-0.1, -0.05) is 11.6 Å². The molecular formula is C22H24ClF3N4O4. The molecule has 184 valence electrons.